The van der Waals surface area contributed by atoms with Gasteiger partial charge in [-0.25, -0.2) is 0 Å². The van der Waals surface area contributed by atoms with Gasteiger partial charge in [0.05, 0.1) is 0 Å². The zero-order valence-electron chi connectivity index (χ0n) is 13.0. The van der Waals surface area contributed by atoms with Crippen molar-refractivity contribution >= 4 is 11.7 Å². The minimum absolute atomic E-state index is 0.0141. The first-order chi connectivity index (χ1) is 10.1. The first kappa shape index (κ1) is 15.5. The van der Waals surface area contributed by atoms with Crippen LogP contribution in [0, 0.1) is 0 Å². The quantitative estimate of drug-likeness (QED) is 0.837. The van der Waals surface area contributed by atoms with E-state index in [2.05, 4.69) is 0 Å². The normalized spacial score (nSPS) is 15.3. The molecule has 4 heteroatoms. The molecule has 114 valence electrons. The molecule has 0 N–H and O–H groups in total. The van der Waals surface area contributed by atoms with Crippen LogP contribution in [0.25, 0.3) is 0 Å². The van der Waals surface area contributed by atoms with Gasteiger partial charge in [-0.15, -0.1) is 0 Å². The molecule has 1 amide bonds. The monoisotopic (exact) mass is 289 g/mol. The first-order valence-corrected chi connectivity index (χ1v) is 7.69. The first-order valence-electron chi connectivity index (χ1n) is 7.69. The molecule has 1 atom stereocenters. The highest BCUT2D eigenvalue weighted by Gasteiger charge is 2.24. The SMILES string of the molecule is CCN(CC)C(=O)C(C)Oc1cccc2c1CCCC2=O. The summed E-state index contributed by atoms with van der Waals surface area (Å²) >= 11 is 0. The molecule has 0 aliphatic heterocycles. The Bertz CT molecular complexity index is 535. The van der Waals surface area contributed by atoms with Crippen molar-refractivity contribution in [2.24, 2.45) is 0 Å². The Morgan fingerprint density at radius 3 is 2.67 bits per heavy atom. The fraction of sp³-hybridized carbons (Fsp3) is 0.529. The van der Waals surface area contributed by atoms with E-state index in [-0.39, 0.29) is 11.7 Å². The van der Waals surface area contributed by atoms with E-state index in [4.69, 9.17) is 4.74 Å². The van der Waals surface area contributed by atoms with Crippen molar-refractivity contribution in [2.45, 2.75) is 46.1 Å². The summed E-state index contributed by atoms with van der Waals surface area (Å²) in [7, 11) is 0. The Kier molecular flexibility index (Phi) is 4.99. The topological polar surface area (TPSA) is 46.6 Å². The van der Waals surface area contributed by atoms with E-state index in [9.17, 15) is 9.59 Å². The molecule has 0 spiro atoms. The summed E-state index contributed by atoms with van der Waals surface area (Å²) in [6, 6.07) is 5.52. The van der Waals surface area contributed by atoms with Gasteiger partial charge < -0.3 is 9.64 Å². The smallest absolute Gasteiger partial charge is 0.263 e. The lowest BCUT2D eigenvalue weighted by molar-refractivity contribution is -0.137. The van der Waals surface area contributed by atoms with E-state index in [0.717, 1.165) is 24.0 Å². The van der Waals surface area contributed by atoms with Crippen LogP contribution in [0.1, 0.15) is 49.5 Å². The zero-order chi connectivity index (χ0) is 15.4. The zero-order valence-corrected chi connectivity index (χ0v) is 13.0. The fourth-order valence-electron chi connectivity index (χ4n) is 2.79. The molecule has 1 aromatic rings. The molecule has 0 saturated carbocycles. The highest BCUT2D eigenvalue weighted by molar-refractivity contribution is 5.99. The number of rotatable bonds is 5. The Morgan fingerprint density at radius 1 is 1.29 bits per heavy atom. The highest BCUT2D eigenvalue weighted by atomic mass is 16.5. The van der Waals surface area contributed by atoms with Crippen molar-refractivity contribution in [3.05, 3.63) is 29.3 Å². The summed E-state index contributed by atoms with van der Waals surface area (Å²) in [5.41, 5.74) is 1.70. The van der Waals surface area contributed by atoms with Gasteiger partial charge in [-0.05, 0) is 39.7 Å². The van der Waals surface area contributed by atoms with Gasteiger partial charge in [-0.3, -0.25) is 9.59 Å². The molecule has 0 heterocycles. The highest BCUT2D eigenvalue weighted by Crippen LogP contribution is 2.30. The molecule has 1 aromatic carbocycles. The Morgan fingerprint density at radius 2 is 2.00 bits per heavy atom. The summed E-state index contributed by atoms with van der Waals surface area (Å²) in [6.45, 7) is 7.03. The molecular weight excluding hydrogens is 266 g/mol. The molecule has 1 unspecified atom stereocenters. The second-order valence-electron chi connectivity index (χ2n) is 5.33. The molecule has 1 aliphatic carbocycles. The third kappa shape index (κ3) is 3.26. The van der Waals surface area contributed by atoms with E-state index >= 15 is 0 Å². The molecule has 0 radical (unpaired) electrons. The van der Waals surface area contributed by atoms with E-state index in [1.165, 1.54) is 0 Å². The van der Waals surface area contributed by atoms with Crippen LogP contribution in [0.2, 0.25) is 0 Å². The van der Waals surface area contributed by atoms with E-state index in [0.29, 0.717) is 25.3 Å². The predicted molar refractivity (Wildman–Crippen MR) is 81.7 cm³/mol. The largest absolute Gasteiger partial charge is 0.481 e. The molecule has 2 rings (SSSR count). The number of carbonyl (C=O) groups is 2. The van der Waals surface area contributed by atoms with Gasteiger partial charge in [0.2, 0.25) is 0 Å². The van der Waals surface area contributed by atoms with Crippen LogP contribution in [0.5, 0.6) is 5.75 Å². The Labute approximate surface area is 126 Å². The number of benzene rings is 1. The van der Waals surface area contributed by atoms with Crippen LogP contribution in [0.3, 0.4) is 0 Å². The third-order valence-corrected chi connectivity index (χ3v) is 3.99. The number of hydrogen-bond acceptors (Lipinski definition) is 3. The number of nitrogens with zero attached hydrogens (tertiary/aromatic N) is 1. The van der Waals surface area contributed by atoms with E-state index < -0.39 is 6.10 Å². The molecule has 1 aliphatic rings. The molecule has 0 saturated heterocycles. The summed E-state index contributed by atoms with van der Waals surface area (Å²) < 4.78 is 5.86. The lowest BCUT2D eigenvalue weighted by Gasteiger charge is -2.25. The minimum atomic E-state index is -0.534. The molecule has 21 heavy (non-hydrogen) atoms. The maximum Gasteiger partial charge on any atom is 0.263 e. The van der Waals surface area contributed by atoms with Crippen LogP contribution >= 0.6 is 0 Å². The molecule has 0 bridgehead atoms. The summed E-state index contributed by atoms with van der Waals surface area (Å²) in [5, 5.41) is 0. The third-order valence-electron chi connectivity index (χ3n) is 3.99. The molecule has 4 nitrogen and oxygen atoms in total. The lowest BCUT2D eigenvalue weighted by atomic mass is 9.90. The second-order valence-corrected chi connectivity index (χ2v) is 5.33. The van der Waals surface area contributed by atoms with E-state index in [1.54, 1.807) is 11.8 Å². The van der Waals surface area contributed by atoms with Gasteiger partial charge in [0.15, 0.2) is 11.9 Å². The van der Waals surface area contributed by atoms with Gasteiger partial charge in [0.25, 0.3) is 5.91 Å². The molecular formula is C17H23NO3. The number of ketones is 1. The van der Waals surface area contributed by atoms with Crippen molar-refractivity contribution in [3.63, 3.8) is 0 Å². The van der Waals surface area contributed by atoms with Gasteiger partial charge in [0.1, 0.15) is 5.75 Å². The Balaban J connectivity index is 2.18. The van der Waals surface area contributed by atoms with Crippen molar-refractivity contribution in [1.29, 1.82) is 0 Å². The maximum atomic E-state index is 12.3. The van der Waals surface area contributed by atoms with Crippen LogP contribution in [-0.4, -0.2) is 35.8 Å². The number of Topliss-reactive ketones (excluding diaryl/α,β-unsaturated/α-hetero) is 1. The summed E-state index contributed by atoms with van der Waals surface area (Å²) in [6.07, 6.45) is 1.76. The van der Waals surface area contributed by atoms with Crippen LogP contribution in [0.15, 0.2) is 18.2 Å². The number of fused-ring (bicyclic) bond motifs is 1. The minimum Gasteiger partial charge on any atom is -0.481 e. The summed E-state index contributed by atoms with van der Waals surface area (Å²) in [5.74, 6) is 0.831. The van der Waals surface area contributed by atoms with Crippen LogP contribution in [0.4, 0.5) is 0 Å². The average molecular weight is 289 g/mol. The van der Waals surface area contributed by atoms with Crippen LogP contribution in [-0.2, 0) is 11.2 Å². The van der Waals surface area contributed by atoms with Crippen molar-refractivity contribution in [2.75, 3.05) is 13.1 Å². The van der Waals surface area contributed by atoms with Crippen LogP contribution < -0.4 is 4.74 Å². The number of hydrogen-bond donors (Lipinski definition) is 0. The summed E-state index contributed by atoms with van der Waals surface area (Å²) in [4.78, 5) is 26.0. The Hall–Kier alpha value is -1.84. The fourth-order valence-corrected chi connectivity index (χ4v) is 2.79. The van der Waals surface area contributed by atoms with Gasteiger partial charge in [-0.2, -0.15) is 0 Å². The van der Waals surface area contributed by atoms with Crippen molar-refractivity contribution < 1.29 is 14.3 Å². The maximum absolute atomic E-state index is 12.3. The molecule has 0 fully saturated rings. The lowest BCUT2D eigenvalue weighted by Crippen LogP contribution is -2.40. The number of ether oxygens (including phenoxy) is 1. The van der Waals surface area contributed by atoms with E-state index in [1.807, 2.05) is 32.0 Å². The predicted octanol–water partition coefficient (Wildman–Crippen LogP) is 2.84. The average Bonchev–Trinajstić information content (AvgIpc) is 2.49. The van der Waals surface area contributed by atoms with Crippen molar-refractivity contribution in [1.82, 2.24) is 4.90 Å². The number of amides is 1. The second kappa shape index (κ2) is 6.74. The molecule has 0 aromatic heterocycles. The number of carbonyl (C=O) groups excluding carboxylic acids is 2. The van der Waals surface area contributed by atoms with Gasteiger partial charge in [0, 0.05) is 30.6 Å². The van der Waals surface area contributed by atoms with Crippen molar-refractivity contribution in [3.8, 4) is 5.75 Å². The number of likely N-dealkylation sites (N-methyl/N-ethyl adjacent to an activating group) is 1. The van der Waals surface area contributed by atoms with Gasteiger partial charge >= 0.3 is 0 Å². The van der Waals surface area contributed by atoms with Gasteiger partial charge in [-0.1, -0.05) is 12.1 Å². The standard InChI is InChI=1S/C17H23NO3/c1-4-18(5-2)17(20)12(3)21-16-11-7-8-13-14(16)9-6-10-15(13)19/h7-8,11-12H,4-6,9-10H2,1-3H3.